The molecule has 1 heterocycles. The molecule has 0 saturated heterocycles. The molecule has 1 atom stereocenters. The number of nitrogens with one attached hydrogen (secondary N) is 2. The molecule has 1 amide bonds. The Morgan fingerprint density at radius 1 is 1.42 bits per heavy atom. The number of benzene rings is 1. The fourth-order valence-electron chi connectivity index (χ4n) is 2.73. The maximum atomic E-state index is 13.4. The zero-order valence-electron chi connectivity index (χ0n) is 13.3. The lowest BCUT2D eigenvalue weighted by atomic mass is 10.0. The standard InChI is InChI=1S/C16H18F3N3O2/c1-15(2)6-10(15)7-20-12-4-3-9(5-11(12)16(17,18)19)13-8-24-14(23)22-21-13/h3-5,10,20H,6-8H2,1-2H3,(H,22,23)/t10-/m0/s1. The van der Waals surface area contributed by atoms with Crippen molar-refractivity contribution in [2.45, 2.75) is 26.4 Å². The first kappa shape index (κ1) is 16.6. The Bertz CT molecular complexity index is 698. The molecular formula is C16H18F3N3O2. The number of hydrogen-bond donors (Lipinski definition) is 2. The summed E-state index contributed by atoms with van der Waals surface area (Å²) in [6.45, 7) is 4.55. The fraction of sp³-hybridized carbons (Fsp3) is 0.500. The number of carbonyl (C=O) groups is 1. The van der Waals surface area contributed by atoms with Crippen LogP contribution in [-0.4, -0.2) is 25.0 Å². The van der Waals surface area contributed by atoms with Gasteiger partial charge in [0.1, 0.15) is 12.3 Å². The Labute approximate surface area is 137 Å². The van der Waals surface area contributed by atoms with E-state index in [4.69, 9.17) is 4.74 Å². The first-order valence-corrected chi connectivity index (χ1v) is 7.61. The Morgan fingerprint density at radius 3 is 2.67 bits per heavy atom. The second-order valence-electron chi connectivity index (χ2n) is 6.78. The predicted molar refractivity (Wildman–Crippen MR) is 82.8 cm³/mol. The van der Waals surface area contributed by atoms with Crippen molar-refractivity contribution in [3.05, 3.63) is 29.3 Å². The molecule has 1 aromatic rings. The monoisotopic (exact) mass is 341 g/mol. The van der Waals surface area contributed by atoms with Gasteiger partial charge in [0.05, 0.1) is 5.56 Å². The maximum absolute atomic E-state index is 13.4. The number of rotatable bonds is 4. The number of cyclic esters (lactones) is 1. The molecule has 24 heavy (non-hydrogen) atoms. The maximum Gasteiger partial charge on any atom is 0.428 e. The summed E-state index contributed by atoms with van der Waals surface area (Å²) in [4.78, 5) is 10.9. The first-order valence-electron chi connectivity index (χ1n) is 7.61. The summed E-state index contributed by atoms with van der Waals surface area (Å²) >= 11 is 0. The summed E-state index contributed by atoms with van der Waals surface area (Å²) in [5.41, 5.74) is 2.09. The number of nitrogens with zero attached hydrogens (tertiary/aromatic N) is 1. The van der Waals surface area contributed by atoms with Crippen LogP contribution in [0.1, 0.15) is 31.4 Å². The molecule has 0 unspecified atom stereocenters. The molecule has 130 valence electrons. The zero-order chi connectivity index (χ0) is 17.5. The number of anilines is 1. The molecule has 8 heteroatoms. The topological polar surface area (TPSA) is 62.7 Å². The lowest BCUT2D eigenvalue weighted by molar-refractivity contribution is -0.137. The molecule has 5 nitrogen and oxygen atoms in total. The minimum absolute atomic E-state index is 0.0512. The molecule has 3 rings (SSSR count). The third-order valence-electron chi connectivity index (χ3n) is 4.54. The minimum Gasteiger partial charge on any atom is -0.442 e. The van der Waals surface area contributed by atoms with Gasteiger partial charge in [-0.15, -0.1) is 0 Å². The molecule has 1 aromatic carbocycles. The van der Waals surface area contributed by atoms with Crippen LogP contribution in [-0.2, 0) is 10.9 Å². The minimum atomic E-state index is -4.49. The summed E-state index contributed by atoms with van der Waals surface area (Å²) in [6, 6.07) is 3.96. The van der Waals surface area contributed by atoms with E-state index in [-0.39, 0.29) is 29.0 Å². The van der Waals surface area contributed by atoms with Crippen molar-refractivity contribution in [1.82, 2.24) is 5.43 Å². The number of alkyl halides is 3. The van der Waals surface area contributed by atoms with E-state index in [2.05, 4.69) is 29.7 Å². The number of ether oxygens (including phenoxy) is 1. The summed E-state index contributed by atoms with van der Waals surface area (Å²) < 4.78 is 44.8. The average Bonchev–Trinajstić information content (AvgIpc) is 3.12. The van der Waals surface area contributed by atoms with Crippen molar-refractivity contribution in [2.24, 2.45) is 16.4 Å². The van der Waals surface area contributed by atoms with Crippen molar-refractivity contribution < 1.29 is 22.7 Å². The van der Waals surface area contributed by atoms with E-state index in [9.17, 15) is 18.0 Å². The van der Waals surface area contributed by atoms with Gasteiger partial charge >= 0.3 is 12.3 Å². The van der Waals surface area contributed by atoms with Crippen LogP contribution in [0.2, 0.25) is 0 Å². The molecule has 1 saturated carbocycles. The predicted octanol–water partition coefficient (Wildman–Crippen LogP) is 3.61. The van der Waals surface area contributed by atoms with Gasteiger partial charge in [-0.25, -0.2) is 10.2 Å². The van der Waals surface area contributed by atoms with Crippen molar-refractivity contribution in [1.29, 1.82) is 0 Å². The van der Waals surface area contributed by atoms with Crippen LogP contribution in [0.3, 0.4) is 0 Å². The molecule has 2 aliphatic rings. The summed E-state index contributed by atoms with van der Waals surface area (Å²) in [5.74, 6) is 0.379. The van der Waals surface area contributed by atoms with Crippen molar-refractivity contribution >= 4 is 17.5 Å². The zero-order valence-corrected chi connectivity index (χ0v) is 13.3. The Hall–Kier alpha value is -2.25. The second-order valence-corrected chi connectivity index (χ2v) is 6.78. The number of hydrogen-bond acceptors (Lipinski definition) is 4. The Morgan fingerprint density at radius 2 is 2.12 bits per heavy atom. The third-order valence-corrected chi connectivity index (χ3v) is 4.54. The lowest BCUT2D eigenvalue weighted by Crippen LogP contribution is -2.30. The summed E-state index contributed by atoms with van der Waals surface area (Å²) in [5, 5.41) is 6.65. The van der Waals surface area contributed by atoms with Crippen LogP contribution in [0.15, 0.2) is 23.3 Å². The molecule has 0 bridgehead atoms. The largest absolute Gasteiger partial charge is 0.442 e. The third kappa shape index (κ3) is 3.47. The highest BCUT2D eigenvalue weighted by atomic mass is 19.4. The molecule has 0 spiro atoms. The SMILES string of the molecule is CC1(C)C[C@H]1CNc1ccc(C2=NNC(=O)OC2)cc1C(F)(F)F. The van der Waals surface area contributed by atoms with Gasteiger partial charge in [0.15, 0.2) is 0 Å². The highest BCUT2D eigenvalue weighted by molar-refractivity contribution is 6.04. The van der Waals surface area contributed by atoms with Gasteiger partial charge in [-0.1, -0.05) is 19.9 Å². The Balaban J connectivity index is 1.83. The second kappa shape index (κ2) is 5.68. The Kier molecular flexibility index (Phi) is 3.93. The summed E-state index contributed by atoms with van der Waals surface area (Å²) in [6.07, 6.45) is -4.20. The number of hydrazone groups is 1. The van der Waals surface area contributed by atoms with Crippen LogP contribution >= 0.6 is 0 Å². The molecular weight excluding hydrogens is 323 g/mol. The summed E-state index contributed by atoms with van der Waals surface area (Å²) in [7, 11) is 0. The fourth-order valence-corrected chi connectivity index (χ4v) is 2.73. The van der Waals surface area contributed by atoms with Crippen LogP contribution in [0.4, 0.5) is 23.7 Å². The van der Waals surface area contributed by atoms with Gasteiger partial charge in [-0.2, -0.15) is 18.3 Å². The van der Waals surface area contributed by atoms with E-state index in [0.29, 0.717) is 12.5 Å². The van der Waals surface area contributed by atoms with Crippen LogP contribution in [0.25, 0.3) is 0 Å². The van der Waals surface area contributed by atoms with Gasteiger partial charge in [0.2, 0.25) is 0 Å². The van der Waals surface area contributed by atoms with Gasteiger partial charge in [-0.3, -0.25) is 0 Å². The average molecular weight is 341 g/mol. The first-order chi connectivity index (χ1) is 11.2. The highest BCUT2D eigenvalue weighted by Gasteiger charge is 2.45. The van der Waals surface area contributed by atoms with Crippen LogP contribution in [0.5, 0.6) is 0 Å². The number of carbonyl (C=O) groups excluding carboxylic acids is 1. The van der Waals surface area contributed by atoms with Crippen LogP contribution in [0, 0.1) is 11.3 Å². The molecule has 1 aliphatic carbocycles. The van der Waals surface area contributed by atoms with Gasteiger partial charge in [0, 0.05) is 17.8 Å². The normalized spacial score (nSPS) is 22.3. The lowest BCUT2D eigenvalue weighted by Gasteiger charge is -2.18. The van der Waals surface area contributed by atoms with E-state index in [1.165, 1.54) is 12.1 Å². The molecule has 2 N–H and O–H groups in total. The van der Waals surface area contributed by atoms with Crippen molar-refractivity contribution in [3.8, 4) is 0 Å². The smallest absolute Gasteiger partial charge is 0.428 e. The van der Waals surface area contributed by atoms with E-state index in [0.717, 1.165) is 12.5 Å². The van der Waals surface area contributed by atoms with Crippen molar-refractivity contribution in [2.75, 3.05) is 18.5 Å². The van der Waals surface area contributed by atoms with Crippen LogP contribution < -0.4 is 10.7 Å². The quantitative estimate of drug-likeness (QED) is 0.879. The molecule has 1 fully saturated rings. The van der Waals surface area contributed by atoms with E-state index in [1.807, 2.05) is 0 Å². The molecule has 1 aliphatic heterocycles. The number of halogens is 3. The molecule has 0 radical (unpaired) electrons. The van der Waals surface area contributed by atoms with Gasteiger partial charge in [-0.05, 0) is 29.9 Å². The number of amides is 1. The highest BCUT2D eigenvalue weighted by Crippen LogP contribution is 2.51. The van der Waals surface area contributed by atoms with E-state index >= 15 is 0 Å². The molecule has 0 aromatic heterocycles. The van der Waals surface area contributed by atoms with E-state index < -0.39 is 17.8 Å². The van der Waals surface area contributed by atoms with Crippen molar-refractivity contribution in [3.63, 3.8) is 0 Å². The van der Waals surface area contributed by atoms with Gasteiger partial charge in [0.25, 0.3) is 0 Å². The van der Waals surface area contributed by atoms with Gasteiger partial charge < -0.3 is 10.1 Å². The van der Waals surface area contributed by atoms with E-state index in [1.54, 1.807) is 0 Å².